The van der Waals surface area contributed by atoms with Crippen LogP contribution < -0.4 is 10.5 Å². The van der Waals surface area contributed by atoms with Crippen molar-refractivity contribution < 1.29 is 19.1 Å². The Hall–Kier alpha value is -1.88. The number of esters is 2. The van der Waals surface area contributed by atoms with E-state index in [2.05, 4.69) is 4.74 Å². The lowest BCUT2D eigenvalue weighted by Crippen LogP contribution is -2.24. The van der Waals surface area contributed by atoms with Gasteiger partial charge in [0.2, 0.25) is 0 Å². The van der Waals surface area contributed by atoms with Gasteiger partial charge in [-0.1, -0.05) is 18.2 Å². The van der Waals surface area contributed by atoms with Gasteiger partial charge >= 0.3 is 11.9 Å². The summed E-state index contributed by atoms with van der Waals surface area (Å²) in [6.07, 6.45) is 0. The Morgan fingerprint density at radius 1 is 1.13 bits per heavy atom. The molecule has 0 heterocycles. The summed E-state index contributed by atoms with van der Waals surface area (Å²) < 4.78 is 9.34. The van der Waals surface area contributed by atoms with Gasteiger partial charge in [0.1, 0.15) is 5.75 Å². The van der Waals surface area contributed by atoms with E-state index in [0.717, 1.165) is 0 Å². The van der Waals surface area contributed by atoms with Crippen LogP contribution >= 0.6 is 0 Å². The van der Waals surface area contributed by atoms with E-state index in [1.165, 1.54) is 0 Å². The van der Waals surface area contributed by atoms with Crippen molar-refractivity contribution in [2.75, 3.05) is 13.2 Å². The molecule has 0 aliphatic heterocycles. The number of carbonyl (C=O) groups is 2. The van der Waals surface area contributed by atoms with E-state index >= 15 is 0 Å². The minimum Gasteiger partial charge on any atom is -0.482 e. The molecule has 0 aliphatic carbocycles. The van der Waals surface area contributed by atoms with Crippen molar-refractivity contribution in [1.29, 1.82) is 0 Å². The smallest absolute Gasteiger partial charge is 0.351 e. The number of nitrogens with two attached hydrogens (primary N) is 1. The maximum atomic E-state index is 11.0. The predicted molar refractivity (Wildman–Crippen MR) is 52.1 cm³/mol. The number of ether oxygens (including phenoxy) is 2. The van der Waals surface area contributed by atoms with Crippen LogP contribution in [0.4, 0.5) is 0 Å². The fraction of sp³-hybridized carbons (Fsp3) is 0.200. The van der Waals surface area contributed by atoms with Gasteiger partial charge in [-0.3, -0.25) is 4.79 Å². The van der Waals surface area contributed by atoms with Crippen LogP contribution in [0.1, 0.15) is 0 Å². The van der Waals surface area contributed by atoms with Crippen molar-refractivity contribution >= 4 is 11.9 Å². The summed E-state index contributed by atoms with van der Waals surface area (Å²) in [7, 11) is 0. The number of carbonyl (C=O) groups excluding carboxylic acids is 2. The maximum absolute atomic E-state index is 11.0. The molecule has 0 aromatic heterocycles. The van der Waals surface area contributed by atoms with Crippen LogP contribution in [0.15, 0.2) is 30.3 Å². The van der Waals surface area contributed by atoms with Crippen LogP contribution in [0.25, 0.3) is 0 Å². The molecule has 0 bridgehead atoms. The molecule has 5 heteroatoms. The summed E-state index contributed by atoms with van der Waals surface area (Å²) in [6, 6.07) is 8.75. The molecular formula is C10H11NO4. The molecule has 0 saturated carbocycles. The fourth-order valence-electron chi connectivity index (χ4n) is 0.857. The lowest BCUT2D eigenvalue weighted by Gasteiger charge is -2.04. The van der Waals surface area contributed by atoms with Crippen LogP contribution in [-0.4, -0.2) is 25.1 Å². The second-order valence-electron chi connectivity index (χ2n) is 2.65. The van der Waals surface area contributed by atoms with Gasteiger partial charge in [-0.25, -0.2) is 4.79 Å². The average Bonchev–Trinajstić information content (AvgIpc) is 2.27. The Morgan fingerprint density at radius 3 is 2.40 bits per heavy atom. The molecule has 0 atom stereocenters. The zero-order valence-electron chi connectivity index (χ0n) is 8.01. The summed E-state index contributed by atoms with van der Waals surface area (Å²) in [5.74, 6) is -0.986. The first-order valence-corrected chi connectivity index (χ1v) is 4.34. The second-order valence-corrected chi connectivity index (χ2v) is 2.65. The quantitative estimate of drug-likeness (QED) is 0.561. The van der Waals surface area contributed by atoms with Crippen molar-refractivity contribution in [3.8, 4) is 5.75 Å². The van der Waals surface area contributed by atoms with Gasteiger partial charge in [-0.05, 0) is 12.1 Å². The van der Waals surface area contributed by atoms with E-state index in [1.807, 2.05) is 6.07 Å². The van der Waals surface area contributed by atoms with E-state index in [0.29, 0.717) is 5.75 Å². The van der Waals surface area contributed by atoms with Crippen molar-refractivity contribution in [3.05, 3.63) is 30.3 Å². The van der Waals surface area contributed by atoms with Gasteiger partial charge in [0, 0.05) is 0 Å². The topological polar surface area (TPSA) is 78.6 Å². The number of hydrogen-bond donors (Lipinski definition) is 1. The van der Waals surface area contributed by atoms with Gasteiger partial charge in [-0.2, -0.15) is 0 Å². The Kier molecular flexibility index (Phi) is 4.30. The lowest BCUT2D eigenvalue weighted by molar-refractivity contribution is -0.160. The zero-order chi connectivity index (χ0) is 11.1. The highest BCUT2D eigenvalue weighted by Crippen LogP contribution is 2.07. The first-order valence-electron chi connectivity index (χ1n) is 4.34. The molecule has 0 unspecified atom stereocenters. The number of para-hydroxylation sites is 1. The van der Waals surface area contributed by atoms with E-state index in [1.54, 1.807) is 24.3 Å². The van der Waals surface area contributed by atoms with Gasteiger partial charge in [-0.15, -0.1) is 0 Å². The predicted octanol–water partition coefficient (Wildman–Crippen LogP) is 0.0939. The highest BCUT2D eigenvalue weighted by molar-refractivity contribution is 5.87. The molecule has 1 aromatic carbocycles. The number of rotatable bonds is 4. The Labute approximate surface area is 86.8 Å². The molecular weight excluding hydrogens is 198 g/mol. The second kappa shape index (κ2) is 5.77. The third kappa shape index (κ3) is 4.24. The van der Waals surface area contributed by atoms with Crippen molar-refractivity contribution in [3.63, 3.8) is 0 Å². The SMILES string of the molecule is NCC(=O)OC(=O)COc1ccccc1. The largest absolute Gasteiger partial charge is 0.482 e. The fourth-order valence-corrected chi connectivity index (χ4v) is 0.857. The molecule has 0 spiro atoms. The van der Waals surface area contributed by atoms with E-state index in [9.17, 15) is 9.59 Å². The first kappa shape index (κ1) is 11.2. The van der Waals surface area contributed by atoms with Gasteiger partial charge in [0.25, 0.3) is 0 Å². The molecule has 2 N–H and O–H groups in total. The Morgan fingerprint density at radius 2 is 1.80 bits per heavy atom. The highest BCUT2D eigenvalue weighted by atomic mass is 16.6. The van der Waals surface area contributed by atoms with E-state index in [4.69, 9.17) is 10.5 Å². The number of benzene rings is 1. The molecule has 0 amide bonds. The molecule has 1 rings (SSSR count). The highest BCUT2D eigenvalue weighted by Gasteiger charge is 2.08. The average molecular weight is 209 g/mol. The molecule has 0 radical (unpaired) electrons. The first-order chi connectivity index (χ1) is 7.22. The van der Waals surface area contributed by atoms with Crippen LogP contribution in [0, 0.1) is 0 Å². The lowest BCUT2D eigenvalue weighted by atomic mass is 10.3. The Bertz CT molecular complexity index is 337. The summed E-state index contributed by atoms with van der Waals surface area (Å²) in [4.78, 5) is 21.6. The van der Waals surface area contributed by atoms with Crippen LogP contribution in [0.2, 0.25) is 0 Å². The maximum Gasteiger partial charge on any atom is 0.351 e. The van der Waals surface area contributed by atoms with Crippen molar-refractivity contribution in [2.24, 2.45) is 5.73 Å². The molecule has 0 fully saturated rings. The van der Waals surface area contributed by atoms with E-state index in [-0.39, 0.29) is 13.2 Å². The molecule has 1 aromatic rings. The van der Waals surface area contributed by atoms with Gasteiger partial charge in [0.15, 0.2) is 6.61 Å². The summed E-state index contributed by atoms with van der Waals surface area (Å²) in [5, 5.41) is 0. The molecule has 0 aliphatic rings. The van der Waals surface area contributed by atoms with Gasteiger partial charge in [0.05, 0.1) is 6.54 Å². The minimum atomic E-state index is -0.767. The summed E-state index contributed by atoms with van der Waals surface area (Å²) in [6.45, 7) is -0.632. The monoisotopic (exact) mass is 209 g/mol. The summed E-state index contributed by atoms with van der Waals surface area (Å²) in [5.41, 5.74) is 4.96. The van der Waals surface area contributed by atoms with E-state index < -0.39 is 11.9 Å². The standard InChI is InChI=1S/C10H11NO4/c11-6-9(12)15-10(13)7-14-8-4-2-1-3-5-8/h1-5H,6-7,11H2. The molecule has 80 valence electrons. The molecule has 15 heavy (non-hydrogen) atoms. The van der Waals surface area contributed by atoms with Crippen LogP contribution in [0.3, 0.4) is 0 Å². The van der Waals surface area contributed by atoms with Gasteiger partial charge < -0.3 is 15.2 Å². The van der Waals surface area contributed by atoms with Crippen molar-refractivity contribution in [1.82, 2.24) is 0 Å². The third-order valence-corrected chi connectivity index (χ3v) is 1.49. The summed E-state index contributed by atoms with van der Waals surface area (Å²) >= 11 is 0. The zero-order valence-corrected chi connectivity index (χ0v) is 8.01. The minimum absolute atomic E-state index is 0.310. The molecule has 0 saturated heterocycles. The van der Waals surface area contributed by atoms with Crippen molar-refractivity contribution in [2.45, 2.75) is 0 Å². The van der Waals surface area contributed by atoms with Crippen LogP contribution in [-0.2, 0) is 14.3 Å². The normalized spacial score (nSPS) is 9.40. The third-order valence-electron chi connectivity index (χ3n) is 1.49. The Balaban J connectivity index is 2.32. The molecule has 5 nitrogen and oxygen atoms in total. The van der Waals surface area contributed by atoms with Crippen LogP contribution in [0.5, 0.6) is 5.75 Å². The number of hydrogen-bond acceptors (Lipinski definition) is 5.